The quantitative estimate of drug-likeness (QED) is 0.679. The fourth-order valence-electron chi connectivity index (χ4n) is 1.95. The Balaban J connectivity index is 2.46. The Morgan fingerprint density at radius 2 is 1.53 bits per heavy atom. The van der Waals surface area contributed by atoms with E-state index in [2.05, 4.69) is 6.58 Å². The van der Waals surface area contributed by atoms with Crippen molar-refractivity contribution in [2.24, 2.45) is 0 Å². The molecule has 0 radical (unpaired) electrons. The Morgan fingerprint density at radius 3 is 2.05 bits per heavy atom. The zero-order chi connectivity index (χ0) is 14.0. The maximum absolute atomic E-state index is 12.5. The second-order valence-electron chi connectivity index (χ2n) is 4.40. The standard InChI is InChI=1S/C16H13F3/c1-11(2)14-5-3-4-6-15(14)12-7-9-13(10-8-12)16(17,18)19/h3-10H,1H2,2H3. The molecular formula is C16H13F3. The van der Waals surface area contributed by atoms with E-state index in [4.69, 9.17) is 0 Å². The van der Waals surface area contributed by atoms with Crippen molar-refractivity contribution in [1.29, 1.82) is 0 Å². The van der Waals surface area contributed by atoms with Gasteiger partial charge in [-0.2, -0.15) is 13.2 Å². The highest BCUT2D eigenvalue weighted by Crippen LogP contribution is 2.32. The molecule has 0 amide bonds. The largest absolute Gasteiger partial charge is 0.416 e. The van der Waals surface area contributed by atoms with Crippen molar-refractivity contribution in [1.82, 2.24) is 0 Å². The fourth-order valence-corrected chi connectivity index (χ4v) is 1.95. The first-order chi connectivity index (χ1) is 8.89. The normalized spacial score (nSPS) is 11.4. The Labute approximate surface area is 110 Å². The topological polar surface area (TPSA) is 0 Å². The Kier molecular flexibility index (Phi) is 3.47. The van der Waals surface area contributed by atoms with E-state index in [-0.39, 0.29) is 0 Å². The molecular weight excluding hydrogens is 249 g/mol. The van der Waals surface area contributed by atoms with Gasteiger partial charge in [-0.15, -0.1) is 0 Å². The summed E-state index contributed by atoms with van der Waals surface area (Å²) in [5.41, 5.74) is 2.84. The Morgan fingerprint density at radius 1 is 0.947 bits per heavy atom. The number of hydrogen-bond acceptors (Lipinski definition) is 0. The summed E-state index contributed by atoms with van der Waals surface area (Å²) in [6, 6.07) is 12.7. The van der Waals surface area contributed by atoms with Crippen molar-refractivity contribution in [3.05, 3.63) is 66.2 Å². The molecule has 19 heavy (non-hydrogen) atoms. The van der Waals surface area contributed by atoms with Crippen molar-refractivity contribution in [2.75, 3.05) is 0 Å². The van der Waals surface area contributed by atoms with Gasteiger partial charge in [0.2, 0.25) is 0 Å². The van der Waals surface area contributed by atoms with Gasteiger partial charge in [0.15, 0.2) is 0 Å². The third-order valence-electron chi connectivity index (χ3n) is 2.91. The summed E-state index contributed by atoms with van der Waals surface area (Å²) in [5, 5.41) is 0. The van der Waals surface area contributed by atoms with Crippen LogP contribution in [-0.4, -0.2) is 0 Å². The maximum Gasteiger partial charge on any atom is 0.416 e. The number of rotatable bonds is 2. The predicted octanol–water partition coefficient (Wildman–Crippen LogP) is 5.41. The van der Waals surface area contributed by atoms with Crippen LogP contribution in [0.4, 0.5) is 13.2 Å². The van der Waals surface area contributed by atoms with Gasteiger partial charge >= 0.3 is 6.18 Å². The van der Waals surface area contributed by atoms with E-state index in [0.29, 0.717) is 0 Å². The molecule has 3 heteroatoms. The van der Waals surface area contributed by atoms with E-state index in [1.165, 1.54) is 12.1 Å². The van der Waals surface area contributed by atoms with Gasteiger partial charge in [-0.25, -0.2) is 0 Å². The van der Waals surface area contributed by atoms with E-state index >= 15 is 0 Å². The molecule has 0 heterocycles. The van der Waals surface area contributed by atoms with Crippen molar-refractivity contribution in [3.8, 4) is 11.1 Å². The van der Waals surface area contributed by atoms with E-state index in [1.54, 1.807) is 0 Å². The van der Waals surface area contributed by atoms with Crippen LogP contribution < -0.4 is 0 Å². The van der Waals surface area contributed by atoms with Crippen molar-refractivity contribution >= 4 is 5.57 Å². The monoisotopic (exact) mass is 262 g/mol. The minimum Gasteiger partial charge on any atom is -0.166 e. The highest BCUT2D eigenvalue weighted by Gasteiger charge is 2.29. The lowest BCUT2D eigenvalue weighted by Crippen LogP contribution is -2.04. The molecule has 0 N–H and O–H groups in total. The van der Waals surface area contributed by atoms with Crippen LogP contribution in [0.1, 0.15) is 18.1 Å². The molecule has 0 bridgehead atoms. The van der Waals surface area contributed by atoms with E-state index in [1.807, 2.05) is 31.2 Å². The van der Waals surface area contributed by atoms with Gasteiger partial charge in [0.05, 0.1) is 5.56 Å². The van der Waals surface area contributed by atoms with Gasteiger partial charge in [0.1, 0.15) is 0 Å². The molecule has 0 aliphatic heterocycles. The minimum absolute atomic E-state index is 0.635. The summed E-state index contributed by atoms with van der Waals surface area (Å²) in [5.74, 6) is 0. The smallest absolute Gasteiger partial charge is 0.166 e. The van der Waals surface area contributed by atoms with Crippen molar-refractivity contribution in [3.63, 3.8) is 0 Å². The second kappa shape index (κ2) is 4.92. The van der Waals surface area contributed by atoms with Crippen molar-refractivity contribution < 1.29 is 13.2 Å². The van der Waals surface area contributed by atoms with Crippen LogP contribution in [0, 0.1) is 0 Å². The zero-order valence-electron chi connectivity index (χ0n) is 10.5. The molecule has 2 aromatic carbocycles. The third kappa shape index (κ3) is 2.87. The minimum atomic E-state index is -4.30. The molecule has 0 aliphatic rings. The van der Waals surface area contributed by atoms with Crippen molar-refractivity contribution in [2.45, 2.75) is 13.1 Å². The van der Waals surface area contributed by atoms with Gasteiger partial charge in [0, 0.05) is 0 Å². The van der Waals surface area contributed by atoms with Gasteiger partial charge in [0.25, 0.3) is 0 Å². The van der Waals surface area contributed by atoms with Gasteiger partial charge < -0.3 is 0 Å². The number of halogens is 3. The SMILES string of the molecule is C=C(C)c1ccccc1-c1ccc(C(F)(F)F)cc1. The van der Waals surface area contributed by atoms with Gasteiger partial charge in [-0.05, 0) is 35.7 Å². The van der Waals surface area contributed by atoms with E-state index in [0.717, 1.165) is 34.4 Å². The van der Waals surface area contributed by atoms with Crippen LogP contribution in [0.15, 0.2) is 55.1 Å². The molecule has 0 saturated carbocycles. The molecule has 0 spiro atoms. The summed E-state index contributed by atoms with van der Waals surface area (Å²) >= 11 is 0. The average molecular weight is 262 g/mol. The summed E-state index contributed by atoms with van der Waals surface area (Å²) in [6.07, 6.45) is -4.30. The molecule has 0 atom stereocenters. The van der Waals surface area contributed by atoms with Crippen LogP contribution >= 0.6 is 0 Å². The molecule has 0 unspecified atom stereocenters. The third-order valence-corrected chi connectivity index (χ3v) is 2.91. The molecule has 0 fully saturated rings. The molecule has 0 aliphatic carbocycles. The maximum atomic E-state index is 12.5. The lowest BCUT2D eigenvalue weighted by molar-refractivity contribution is -0.137. The number of benzene rings is 2. The van der Waals surface area contributed by atoms with Gasteiger partial charge in [-0.3, -0.25) is 0 Å². The molecule has 0 aromatic heterocycles. The zero-order valence-corrected chi connectivity index (χ0v) is 10.5. The van der Waals surface area contributed by atoms with E-state index in [9.17, 15) is 13.2 Å². The lowest BCUT2D eigenvalue weighted by Gasteiger charge is -2.11. The highest BCUT2D eigenvalue weighted by atomic mass is 19.4. The molecule has 2 aromatic rings. The Hall–Kier alpha value is -2.03. The second-order valence-corrected chi connectivity index (χ2v) is 4.40. The summed E-state index contributed by atoms with van der Waals surface area (Å²) in [7, 11) is 0. The Bertz CT molecular complexity index is 592. The van der Waals surface area contributed by atoms with E-state index < -0.39 is 11.7 Å². The lowest BCUT2D eigenvalue weighted by atomic mass is 9.95. The number of hydrogen-bond donors (Lipinski definition) is 0. The highest BCUT2D eigenvalue weighted by molar-refractivity contribution is 5.79. The molecule has 0 nitrogen and oxygen atoms in total. The number of allylic oxidation sites excluding steroid dienone is 1. The average Bonchev–Trinajstić information content (AvgIpc) is 2.38. The fraction of sp³-hybridized carbons (Fsp3) is 0.125. The van der Waals surface area contributed by atoms with Crippen LogP contribution in [0.2, 0.25) is 0 Å². The first kappa shape index (κ1) is 13.4. The summed E-state index contributed by atoms with van der Waals surface area (Å²) in [4.78, 5) is 0. The first-order valence-electron chi connectivity index (χ1n) is 5.82. The van der Waals surface area contributed by atoms with Crippen LogP contribution in [0.25, 0.3) is 16.7 Å². The molecule has 0 saturated heterocycles. The van der Waals surface area contributed by atoms with Crippen LogP contribution in [0.3, 0.4) is 0 Å². The molecule has 2 rings (SSSR count). The van der Waals surface area contributed by atoms with Crippen LogP contribution in [0.5, 0.6) is 0 Å². The van der Waals surface area contributed by atoms with Gasteiger partial charge in [-0.1, -0.05) is 48.6 Å². The first-order valence-corrected chi connectivity index (χ1v) is 5.82. The predicted molar refractivity (Wildman–Crippen MR) is 71.6 cm³/mol. The van der Waals surface area contributed by atoms with Crippen LogP contribution in [-0.2, 0) is 6.18 Å². The summed E-state index contributed by atoms with van der Waals surface area (Å²) < 4.78 is 37.5. The number of alkyl halides is 3. The summed E-state index contributed by atoms with van der Waals surface area (Å²) in [6.45, 7) is 5.77. The molecule has 98 valence electrons.